The Morgan fingerprint density at radius 1 is 1.61 bits per heavy atom. The molecule has 0 radical (unpaired) electrons. The first-order valence-corrected chi connectivity index (χ1v) is 5.81. The van der Waals surface area contributed by atoms with Crippen molar-refractivity contribution in [1.82, 2.24) is 0 Å². The van der Waals surface area contributed by atoms with E-state index in [1.807, 2.05) is 19.1 Å². The van der Waals surface area contributed by atoms with Crippen LogP contribution in [-0.2, 0) is 17.6 Å². The third-order valence-electron chi connectivity index (χ3n) is 2.92. The zero-order valence-corrected chi connectivity index (χ0v) is 10.1. The van der Waals surface area contributed by atoms with Gasteiger partial charge in [-0.3, -0.25) is 0 Å². The van der Waals surface area contributed by atoms with Gasteiger partial charge in [0.25, 0.3) is 0 Å². The topological polar surface area (TPSA) is 74.2 Å². The van der Waals surface area contributed by atoms with Gasteiger partial charge in [0.15, 0.2) is 0 Å². The van der Waals surface area contributed by atoms with Gasteiger partial charge in [-0.15, -0.1) is 0 Å². The summed E-state index contributed by atoms with van der Waals surface area (Å²) < 4.78 is 5.63. The first-order valence-electron chi connectivity index (χ1n) is 5.81. The molecule has 0 saturated carbocycles. The molecule has 0 aromatic carbocycles. The molecule has 0 aliphatic heterocycles. The van der Waals surface area contributed by atoms with E-state index in [4.69, 9.17) is 14.8 Å². The monoisotopic (exact) mass is 243 g/mol. The molecule has 1 heterocycles. The van der Waals surface area contributed by atoms with Crippen LogP contribution in [0.2, 0.25) is 0 Å². The molecule has 1 aromatic rings. The molecule has 2 rings (SSSR count). The van der Waals surface area contributed by atoms with Crippen LogP contribution in [0, 0.1) is 11.3 Å². The molecule has 18 heavy (non-hydrogen) atoms. The Bertz CT molecular complexity index is 585. The van der Waals surface area contributed by atoms with Crippen LogP contribution in [0.3, 0.4) is 0 Å². The Morgan fingerprint density at radius 2 is 2.39 bits per heavy atom. The van der Waals surface area contributed by atoms with Crippen LogP contribution in [0.1, 0.15) is 30.4 Å². The zero-order valence-electron chi connectivity index (χ0n) is 10.1. The molecule has 0 unspecified atom stereocenters. The number of allylic oxidation sites excluding steroid dienone is 2. The number of carbonyl (C=O) groups is 1. The summed E-state index contributed by atoms with van der Waals surface area (Å²) in [5.41, 5.74) is 1.73. The lowest BCUT2D eigenvalue weighted by molar-refractivity contribution is -0.132. The first-order chi connectivity index (χ1) is 8.63. The molecule has 4 heteroatoms. The predicted octanol–water partition coefficient (Wildman–Crippen LogP) is 2.71. The minimum atomic E-state index is -1.20. The lowest BCUT2D eigenvalue weighted by Crippen LogP contribution is -2.00. The average Bonchev–Trinajstić information content (AvgIpc) is 2.77. The Hall–Kier alpha value is -2.28. The maximum Gasteiger partial charge on any atom is 0.346 e. The van der Waals surface area contributed by atoms with Crippen molar-refractivity contribution in [3.8, 4) is 6.07 Å². The lowest BCUT2D eigenvalue weighted by Gasteiger charge is -2.08. The smallest absolute Gasteiger partial charge is 0.346 e. The van der Waals surface area contributed by atoms with Crippen molar-refractivity contribution in [2.75, 3.05) is 0 Å². The quantitative estimate of drug-likeness (QED) is 0.654. The molecule has 0 bridgehead atoms. The van der Waals surface area contributed by atoms with Crippen molar-refractivity contribution in [3.63, 3.8) is 0 Å². The summed E-state index contributed by atoms with van der Waals surface area (Å²) in [6.45, 7) is 2.02. The number of aliphatic carboxylic acids is 1. The van der Waals surface area contributed by atoms with E-state index in [0.29, 0.717) is 0 Å². The van der Waals surface area contributed by atoms with Gasteiger partial charge in [0, 0.05) is 6.42 Å². The Balaban J connectivity index is 2.33. The van der Waals surface area contributed by atoms with Crippen molar-refractivity contribution in [3.05, 3.63) is 40.4 Å². The SMILES string of the molecule is CCc1cc2c(o1)C=C(/C=C(/C#N)C(=O)O)CC2. The second kappa shape index (κ2) is 4.92. The van der Waals surface area contributed by atoms with E-state index in [9.17, 15) is 4.79 Å². The van der Waals surface area contributed by atoms with E-state index in [0.717, 1.165) is 41.9 Å². The van der Waals surface area contributed by atoms with Gasteiger partial charge >= 0.3 is 5.97 Å². The normalized spacial score (nSPS) is 14.7. The number of hydrogen-bond donors (Lipinski definition) is 1. The van der Waals surface area contributed by atoms with Crippen LogP contribution < -0.4 is 0 Å². The fourth-order valence-corrected chi connectivity index (χ4v) is 1.95. The van der Waals surface area contributed by atoms with Gasteiger partial charge in [-0.05, 0) is 42.2 Å². The largest absolute Gasteiger partial charge is 0.477 e. The first kappa shape index (κ1) is 12.2. The van der Waals surface area contributed by atoms with Crippen molar-refractivity contribution in [1.29, 1.82) is 5.26 Å². The molecule has 1 aliphatic rings. The Labute approximate surface area is 105 Å². The van der Waals surface area contributed by atoms with E-state index in [-0.39, 0.29) is 5.57 Å². The molecule has 0 spiro atoms. The van der Waals surface area contributed by atoms with Gasteiger partial charge in [-0.1, -0.05) is 6.92 Å². The average molecular weight is 243 g/mol. The highest BCUT2D eigenvalue weighted by Gasteiger charge is 2.15. The fraction of sp³-hybridized carbons (Fsp3) is 0.286. The zero-order chi connectivity index (χ0) is 13.1. The Kier molecular flexibility index (Phi) is 3.33. The van der Waals surface area contributed by atoms with E-state index in [1.165, 1.54) is 6.08 Å². The predicted molar refractivity (Wildman–Crippen MR) is 65.7 cm³/mol. The van der Waals surface area contributed by atoms with Crippen molar-refractivity contribution in [2.24, 2.45) is 0 Å². The molecule has 4 nitrogen and oxygen atoms in total. The highest BCUT2D eigenvalue weighted by molar-refractivity contribution is 5.92. The van der Waals surface area contributed by atoms with Gasteiger partial charge in [0.2, 0.25) is 0 Å². The van der Waals surface area contributed by atoms with E-state index >= 15 is 0 Å². The molecule has 92 valence electrons. The Morgan fingerprint density at radius 3 is 3.00 bits per heavy atom. The number of fused-ring (bicyclic) bond motifs is 1. The second-order valence-corrected chi connectivity index (χ2v) is 4.15. The maximum atomic E-state index is 10.8. The van der Waals surface area contributed by atoms with Crippen LogP contribution in [-0.4, -0.2) is 11.1 Å². The maximum absolute atomic E-state index is 10.8. The summed E-state index contributed by atoms with van der Waals surface area (Å²) in [6, 6.07) is 3.72. The molecule has 0 saturated heterocycles. The molecule has 0 amide bonds. The van der Waals surface area contributed by atoms with Crippen LogP contribution in [0.25, 0.3) is 6.08 Å². The van der Waals surface area contributed by atoms with Gasteiger partial charge < -0.3 is 9.52 Å². The van der Waals surface area contributed by atoms with E-state index < -0.39 is 5.97 Å². The summed E-state index contributed by atoms with van der Waals surface area (Å²) in [5, 5.41) is 17.5. The molecule has 1 aliphatic carbocycles. The third-order valence-corrected chi connectivity index (χ3v) is 2.92. The molecular weight excluding hydrogens is 230 g/mol. The summed E-state index contributed by atoms with van der Waals surface area (Å²) in [4.78, 5) is 10.8. The number of carboxylic acids is 1. The lowest BCUT2D eigenvalue weighted by atomic mass is 9.96. The highest BCUT2D eigenvalue weighted by Crippen LogP contribution is 2.28. The van der Waals surface area contributed by atoms with Crippen molar-refractivity contribution < 1.29 is 14.3 Å². The molecule has 1 aromatic heterocycles. The summed E-state index contributed by atoms with van der Waals surface area (Å²) in [6.07, 6.45) is 5.62. The molecule has 0 fully saturated rings. The van der Waals surface area contributed by atoms with Crippen LogP contribution >= 0.6 is 0 Å². The number of nitrogens with zero attached hydrogens (tertiary/aromatic N) is 1. The minimum absolute atomic E-state index is 0.244. The van der Waals surface area contributed by atoms with Crippen molar-refractivity contribution in [2.45, 2.75) is 26.2 Å². The van der Waals surface area contributed by atoms with Gasteiger partial charge in [0.05, 0.1) is 0 Å². The van der Waals surface area contributed by atoms with Crippen LogP contribution in [0.4, 0.5) is 0 Å². The van der Waals surface area contributed by atoms with E-state index in [1.54, 1.807) is 6.07 Å². The molecule has 1 N–H and O–H groups in total. The summed E-state index contributed by atoms with van der Waals surface area (Å²) >= 11 is 0. The molecular formula is C14H13NO3. The third kappa shape index (κ3) is 2.35. The standard InChI is InChI=1S/C14H13NO3/c1-2-12-7-10-4-3-9(6-13(10)18-12)5-11(8-15)14(16)17/h5-7H,2-4H2,1H3,(H,16,17)/b11-5-. The highest BCUT2D eigenvalue weighted by atomic mass is 16.4. The number of nitriles is 1. The number of rotatable bonds is 3. The number of aryl methyl sites for hydroxylation is 2. The second-order valence-electron chi connectivity index (χ2n) is 4.15. The van der Waals surface area contributed by atoms with Crippen molar-refractivity contribution >= 4 is 12.0 Å². The minimum Gasteiger partial charge on any atom is -0.477 e. The van der Waals surface area contributed by atoms with Gasteiger partial charge in [-0.25, -0.2) is 4.79 Å². The summed E-state index contributed by atoms with van der Waals surface area (Å²) in [7, 11) is 0. The fourth-order valence-electron chi connectivity index (χ4n) is 1.95. The van der Waals surface area contributed by atoms with Gasteiger partial charge in [-0.2, -0.15) is 5.26 Å². The number of carboxylic acid groups (broad SMARTS) is 1. The summed E-state index contributed by atoms with van der Waals surface area (Å²) in [5.74, 6) is 0.519. The molecule has 0 atom stereocenters. The number of hydrogen-bond acceptors (Lipinski definition) is 3. The van der Waals surface area contributed by atoms with Gasteiger partial charge in [0.1, 0.15) is 23.2 Å². The van der Waals surface area contributed by atoms with E-state index in [2.05, 4.69) is 0 Å². The van der Waals surface area contributed by atoms with Crippen LogP contribution in [0.5, 0.6) is 0 Å². The number of furan rings is 1. The van der Waals surface area contributed by atoms with Crippen LogP contribution in [0.15, 0.2) is 27.7 Å².